The van der Waals surface area contributed by atoms with E-state index < -0.39 is 0 Å². The van der Waals surface area contributed by atoms with Crippen molar-refractivity contribution in [3.05, 3.63) is 47.5 Å². The number of hydrogen-bond acceptors (Lipinski definition) is 4. The molecule has 0 bridgehead atoms. The Hall–Kier alpha value is -2.36. The molecule has 0 amide bonds. The SMILES string of the molecule is COc1ccc(CC2Cc3ccc4c(c3O2)OCO4)cc1. The van der Waals surface area contributed by atoms with E-state index in [2.05, 4.69) is 18.2 Å². The van der Waals surface area contributed by atoms with Crippen molar-refractivity contribution < 1.29 is 18.9 Å². The van der Waals surface area contributed by atoms with Gasteiger partial charge < -0.3 is 18.9 Å². The molecule has 0 saturated heterocycles. The first kappa shape index (κ1) is 12.4. The van der Waals surface area contributed by atoms with Crippen LogP contribution in [0, 0.1) is 0 Å². The van der Waals surface area contributed by atoms with E-state index in [9.17, 15) is 0 Å². The lowest BCUT2D eigenvalue weighted by atomic mass is 10.0. The van der Waals surface area contributed by atoms with Gasteiger partial charge in [0, 0.05) is 18.4 Å². The molecule has 21 heavy (non-hydrogen) atoms. The van der Waals surface area contributed by atoms with Crippen LogP contribution >= 0.6 is 0 Å². The summed E-state index contributed by atoms with van der Waals surface area (Å²) in [5.74, 6) is 3.25. The third kappa shape index (κ3) is 2.17. The van der Waals surface area contributed by atoms with Gasteiger partial charge in [-0.05, 0) is 23.8 Å². The van der Waals surface area contributed by atoms with Gasteiger partial charge in [0.25, 0.3) is 0 Å². The number of benzene rings is 2. The van der Waals surface area contributed by atoms with Crippen LogP contribution in [0.25, 0.3) is 0 Å². The molecule has 4 nitrogen and oxygen atoms in total. The summed E-state index contributed by atoms with van der Waals surface area (Å²) in [6, 6.07) is 12.1. The molecular formula is C17H16O4. The number of methoxy groups -OCH3 is 1. The maximum absolute atomic E-state index is 6.07. The summed E-state index contributed by atoms with van der Waals surface area (Å²) < 4.78 is 22.1. The first-order valence-corrected chi connectivity index (χ1v) is 7.04. The van der Waals surface area contributed by atoms with Crippen LogP contribution in [-0.4, -0.2) is 20.0 Å². The molecule has 0 spiro atoms. The second-order valence-corrected chi connectivity index (χ2v) is 5.28. The minimum atomic E-state index is 0.143. The Morgan fingerprint density at radius 1 is 1.05 bits per heavy atom. The molecule has 2 aliphatic rings. The third-order valence-electron chi connectivity index (χ3n) is 3.93. The van der Waals surface area contributed by atoms with Crippen molar-refractivity contribution in [3.63, 3.8) is 0 Å². The molecule has 0 N–H and O–H groups in total. The zero-order valence-corrected chi connectivity index (χ0v) is 11.8. The fourth-order valence-electron chi connectivity index (χ4n) is 2.87. The monoisotopic (exact) mass is 284 g/mol. The molecule has 4 rings (SSSR count). The smallest absolute Gasteiger partial charge is 0.231 e. The molecule has 2 aromatic rings. The molecule has 2 aliphatic heterocycles. The van der Waals surface area contributed by atoms with Crippen molar-refractivity contribution >= 4 is 0 Å². The van der Waals surface area contributed by atoms with Gasteiger partial charge in [-0.2, -0.15) is 0 Å². The van der Waals surface area contributed by atoms with E-state index in [1.54, 1.807) is 7.11 Å². The van der Waals surface area contributed by atoms with Gasteiger partial charge in [0.05, 0.1) is 7.11 Å². The number of rotatable bonds is 3. The summed E-state index contributed by atoms with van der Waals surface area (Å²) in [5.41, 5.74) is 2.43. The van der Waals surface area contributed by atoms with Crippen LogP contribution in [0.5, 0.6) is 23.0 Å². The largest absolute Gasteiger partial charge is 0.497 e. The van der Waals surface area contributed by atoms with Crippen molar-refractivity contribution in [1.82, 2.24) is 0 Å². The zero-order valence-electron chi connectivity index (χ0n) is 11.8. The molecule has 2 aromatic carbocycles. The van der Waals surface area contributed by atoms with E-state index in [0.717, 1.165) is 35.8 Å². The summed E-state index contributed by atoms with van der Waals surface area (Å²) in [7, 11) is 1.67. The summed E-state index contributed by atoms with van der Waals surface area (Å²) in [6.45, 7) is 0.276. The highest BCUT2D eigenvalue weighted by Crippen LogP contribution is 2.47. The van der Waals surface area contributed by atoms with Crippen molar-refractivity contribution in [1.29, 1.82) is 0 Å². The van der Waals surface area contributed by atoms with Crippen LogP contribution in [-0.2, 0) is 12.8 Å². The van der Waals surface area contributed by atoms with E-state index in [-0.39, 0.29) is 12.9 Å². The van der Waals surface area contributed by atoms with Crippen LogP contribution < -0.4 is 18.9 Å². The fraction of sp³-hybridized carbons (Fsp3) is 0.294. The Labute approximate surface area is 123 Å². The average Bonchev–Trinajstić information content (AvgIpc) is 3.12. The van der Waals surface area contributed by atoms with Crippen LogP contribution in [0.2, 0.25) is 0 Å². The van der Waals surface area contributed by atoms with E-state index >= 15 is 0 Å². The quantitative estimate of drug-likeness (QED) is 0.868. The van der Waals surface area contributed by atoms with Gasteiger partial charge in [0.15, 0.2) is 11.5 Å². The Morgan fingerprint density at radius 3 is 2.71 bits per heavy atom. The van der Waals surface area contributed by atoms with E-state index in [1.165, 1.54) is 11.1 Å². The molecule has 4 heteroatoms. The van der Waals surface area contributed by atoms with Crippen LogP contribution in [0.1, 0.15) is 11.1 Å². The maximum atomic E-state index is 6.07. The van der Waals surface area contributed by atoms with Crippen LogP contribution in [0.3, 0.4) is 0 Å². The predicted molar refractivity (Wildman–Crippen MR) is 77.4 cm³/mol. The van der Waals surface area contributed by atoms with Gasteiger partial charge in [-0.3, -0.25) is 0 Å². The molecule has 1 atom stereocenters. The highest BCUT2D eigenvalue weighted by molar-refractivity contribution is 5.58. The normalized spacial score (nSPS) is 18.2. The Balaban J connectivity index is 1.51. The van der Waals surface area contributed by atoms with Crippen molar-refractivity contribution in [2.45, 2.75) is 18.9 Å². The molecule has 0 fully saturated rings. The van der Waals surface area contributed by atoms with Crippen molar-refractivity contribution in [2.75, 3.05) is 13.9 Å². The predicted octanol–water partition coefficient (Wildman–Crippen LogP) is 2.97. The second-order valence-electron chi connectivity index (χ2n) is 5.28. The number of ether oxygens (including phenoxy) is 4. The molecule has 2 heterocycles. The van der Waals surface area contributed by atoms with Gasteiger partial charge in [-0.15, -0.1) is 0 Å². The average molecular weight is 284 g/mol. The minimum Gasteiger partial charge on any atom is -0.497 e. The van der Waals surface area contributed by atoms with E-state index in [1.807, 2.05) is 18.2 Å². The first-order valence-electron chi connectivity index (χ1n) is 7.04. The topological polar surface area (TPSA) is 36.9 Å². The van der Waals surface area contributed by atoms with Crippen molar-refractivity contribution in [2.24, 2.45) is 0 Å². The lowest BCUT2D eigenvalue weighted by Crippen LogP contribution is -2.16. The highest BCUT2D eigenvalue weighted by atomic mass is 16.7. The van der Waals surface area contributed by atoms with E-state index in [0.29, 0.717) is 0 Å². The number of fused-ring (bicyclic) bond motifs is 3. The number of hydrogen-bond donors (Lipinski definition) is 0. The summed E-state index contributed by atoms with van der Waals surface area (Å²) in [4.78, 5) is 0. The summed E-state index contributed by atoms with van der Waals surface area (Å²) in [6.07, 6.45) is 1.91. The molecule has 0 saturated carbocycles. The van der Waals surface area contributed by atoms with Gasteiger partial charge in [-0.25, -0.2) is 0 Å². The Kier molecular flexibility index (Phi) is 2.88. The Bertz CT molecular complexity index is 663. The first-order chi connectivity index (χ1) is 10.3. The standard InChI is InChI=1S/C17H16O4/c1-18-13-5-2-11(3-6-13)8-14-9-12-4-7-15-17(16(12)21-14)20-10-19-15/h2-7,14H,8-10H2,1H3. The van der Waals surface area contributed by atoms with Gasteiger partial charge in [0.2, 0.25) is 12.5 Å². The molecule has 0 aromatic heterocycles. The molecule has 0 aliphatic carbocycles. The maximum Gasteiger partial charge on any atom is 0.231 e. The van der Waals surface area contributed by atoms with Crippen LogP contribution in [0.15, 0.2) is 36.4 Å². The Morgan fingerprint density at radius 2 is 1.90 bits per heavy atom. The fourth-order valence-corrected chi connectivity index (χ4v) is 2.87. The van der Waals surface area contributed by atoms with Gasteiger partial charge in [-0.1, -0.05) is 18.2 Å². The lowest BCUT2D eigenvalue weighted by Gasteiger charge is -2.11. The van der Waals surface area contributed by atoms with E-state index in [4.69, 9.17) is 18.9 Å². The molecule has 0 radical (unpaired) electrons. The minimum absolute atomic E-state index is 0.143. The van der Waals surface area contributed by atoms with Crippen molar-refractivity contribution in [3.8, 4) is 23.0 Å². The van der Waals surface area contributed by atoms with Crippen LogP contribution in [0.4, 0.5) is 0 Å². The highest BCUT2D eigenvalue weighted by Gasteiger charge is 2.30. The third-order valence-corrected chi connectivity index (χ3v) is 3.93. The van der Waals surface area contributed by atoms with Gasteiger partial charge >= 0.3 is 0 Å². The van der Waals surface area contributed by atoms with Gasteiger partial charge in [0.1, 0.15) is 11.9 Å². The lowest BCUT2D eigenvalue weighted by molar-refractivity contribution is 0.166. The summed E-state index contributed by atoms with van der Waals surface area (Å²) in [5, 5.41) is 0. The molecular weight excluding hydrogens is 268 g/mol. The zero-order chi connectivity index (χ0) is 14.2. The molecule has 1 unspecified atom stereocenters. The molecule has 108 valence electrons. The second kappa shape index (κ2) is 4.88. The summed E-state index contributed by atoms with van der Waals surface area (Å²) >= 11 is 0.